The van der Waals surface area contributed by atoms with Gasteiger partial charge in [0.2, 0.25) is 0 Å². The van der Waals surface area contributed by atoms with E-state index in [1.54, 1.807) is 7.11 Å². The van der Waals surface area contributed by atoms with Crippen molar-refractivity contribution in [1.29, 1.82) is 0 Å². The van der Waals surface area contributed by atoms with Gasteiger partial charge >= 0.3 is 0 Å². The molecule has 0 unspecified atom stereocenters. The molecule has 1 aromatic heterocycles. The third-order valence-corrected chi connectivity index (χ3v) is 3.22. The Kier molecular flexibility index (Phi) is 4.22. The highest BCUT2D eigenvalue weighted by atomic mass is 16.5. The average molecular weight is 260 g/mol. The lowest BCUT2D eigenvalue weighted by Crippen LogP contribution is -2.26. The molecule has 0 aliphatic rings. The maximum absolute atomic E-state index is 9.19. The third kappa shape index (κ3) is 2.63. The van der Waals surface area contributed by atoms with Crippen LogP contribution in [0.5, 0.6) is 5.75 Å². The number of pyridine rings is 1. The number of aryl methyl sites for hydroxylation is 1. The lowest BCUT2D eigenvalue weighted by Gasteiger charge is -2.24. The Balaban J connectivity index is 2.66. The molecule has 1 aromatic carbocycles. The maximum atomic E-state index is 9.19. The van der Waals surface area contributed by atoms with E-state index in [0.717, 1.165) is 34.6 Å². The number of nitrogens with zero attached hydrogens (tertiary/aromatic N) is 2. The van der Waals surface area contributed by atoms with Gasteiger partial charge in [-0.1, -0.05) is 12.1 Å². The van der Waals surface area contributed by atoms with Gasteiger partial charge < -0.3 is 14.7 Å². The number of rotatable bonds is 5. The number of methoxy groups -OCH3 is 1. The second kappa shape index (κ2) is 5.89. The molecule has 0 radical (unpaired) electrons. The number of ether oxygens (including phenoxy) is 1. The normalized spacial score (nSPS) is 10.7. The standard InChI is InChI=1S/C15H20N2O2/c1-4-17(8-9-18)13-10-11(2)16-15-12(13)6-5-7-14(15)19-3/h5-7,10,18H,4,8-9H2,1-3H3. The number of para-hydroxylation sites is 1. The second-order valence-corrected chi connectivity index (χ2v) is 4.44. The Morgan fingerprint density at radius 1 is 1.37 bits per heavy atom. The van der Waals surface area contributed by atoms with Crippen LogP contribution in [0.4, 0.5) is 5.69 Å². The molecule has 2 aromatic rings. The van der Waals surface area contributed by atoms with Crippen molar-refractivity contribution in [3.05, 3.63) is 30.0 Å². The van der Waals surface area contributed by atoms with Crippen LogP contribution in [0, 0.1) is 6.92 Å². The largest absolute Gasteiger partial charge is 0.494 e. The van der Waals surface area contributed by atoms with Crippen LogP contribution < -0.4 is 9.64 Å². The minimum atomic E-state index is 0.140. The smallest absolute Gasteiger partial charge is 0.145 e. The molecule has 0 spiro atoms. The zero-order chi connectivity index (χ0) is 13.8. The predicted octanol–water partition coefficient (Wildman–Crippen LogP) is 2.37. The Bertz CT molecular complexity index is 569. The molecule has 19 heavy (non-hydrogen) atoms. The molecule has 0 saturated heterocycles. The first kappa shape index (κ1) is 13.6. The molecule has 0 saturated carbocycles. The summed E-state index contributed by atoms with van der Waals surface area (Å²) in [5.41, 5.74) is 2.91. The highest BCUT2D eigenvalue weighted by Crippen LogP contribution is 2.31. The van der Waals surface area contributed by atoms with E-state index in [4.69, 9.17) is 4.74 Å². The van der Waals surface area contributed by atoms with E-state index in [2.05, 4.69) is 22.9 Å². The number of aliphatic hydroxyl groups excluding tert-OH is 1. The molecule has 2 rings (SSSR count). The quantitative estimate of drug-likeness (QED) is 0.896. The van der Waals surface area contributed by atoms with Crippen LogP contribution >= 0.6 is 0 Å². The fraction of sp³-hybridized carbons (Fsp3) is 0.400. The zero-order valence-corrected chi connectivity index (χ0v) is 11.7. The fourth-order valence-electron chi connectivity index (χ4n) is 2.32. The Labute approximate surface area is 113 Å². The summed E-state index contributed by atoms with van der Waals surface area (Å²) in [6, 6.07) is 7.98. The highest BCUT2D eigenvalue weighted by Gasteiger charge is 2.12. The summed E-state index contributed by atoms with van der Waals surface area (Å²) >= 11 is 0. The number of fused-ring (bicyclic) bond motifs is 1. The molecule has 0 bridgehead atoms. The number of hydrogen-bond donors (Lipinski definition) is 1. The molecule has 0 atom stereocenters. The summed E-state index contributed by atoms with van der Waals surface area (Å²) in [6.45, 7) is 5.66. The highest BCUT2D eigenvalue weighted by molar-refractivity contribution is 5.95. The van der Waals surface area contributed by atoms with Gasteiger partial charge in [0, 0.05) is 29.9 Å². The van der Waals surface area contributed by atoms with Gasteiger partial charge in [-0.15, -0.1) is 0 Å². The molecule has 0 fully saturated rings. The molecular formula is C15H20N2O2. The van der Waals surface area contributed by atoms with Crippen LogP contribution in [-0.2, 0) is 0 Å². The van der Waals surface area contributed by atoms with Crippen LogP contribution in [0.15, 0.2) is 24.3 Å². The van der Waals surface area contributed by atoms with Crippen LogP contribution in [0.25, 0.3) is 10.9 Å². The molecule has 0 amide bonds. The summed E-state index contributed by atoms with van der Waals surface area (Å²) in [6.07, 6.45) is 0. The first-order valence-electron chi connectivity index (χ1n) is 6.51. The van der Waals surface area contributed by atoms with Gasteiger partial charge in [0.05, 0.1) is 13.7 Å². The minimum absolute atomic E-state index is 0.140. The van der Waals surface area contributed by atoms with E-state index < -0.39 is 0 Å². The van der Waals surface area contributed by atoms with Gasteiger partial charge in [-0.25, -0.2) is 4.98 Å². The Morgan fingerprint density at radius 2 is 2.16 bits per heavy atom. The summed E-state index contributed by atoms with van der Waals surface area (Å²) < 4.78 is 5.38. The number of likely N-dealkylation sites (N-methyl/N-ethyl adjacent to an activating group) is 1. The first-order valence-corrected chi connectivity index (χ1v) is 6.51. The van der Waals surface area contributed by atoms with E-state index in [9.17, 15) is 5.11 Å². The number of benzene rings is 1. The van der Waals surface area contributed by atoms with Crippen molar-refractivity contribution < 1.29 is 9.84 Å². The second-order valence-electron chi connectivity index (χ2n) is 4.44. The summed E-state index contributed by atoms with van der Waals surface area (Å²) in [5, 5.41) is 10.2. The molecular weight excluding hydrogens is 240 g/mol. The van der Waals surface area contributed by atoms with Gasteiger partial charge in [-0.3, -0.25) is 0 Å². The molecule has 4 heteroatoms. The fourth-order valence-corrected chi connectivity index (χ4v) is 2.32. The van der Waals surface area contributed by atoms with E-state index in [1.807, 2.05) is 25.1 Å². The SMILES string of the molecule is CCN(CCO)c1cc(C)nc2c(OC)cccc12. The van der Waals surface area contributed by atoms with Crippen molar-refractivity contribution in [2.45, 2.75) is 13.8 Å². The van der Waals surface area contributed by atoms with Crippen molar-refractivity contribution >= 4 is 16.6 Å². The molecule has 1 heterocycles. The van der Waals surface area contributed by atoms with Crippen LogP contribution in [0.1, 0.15) is 12.6 Å². The van der Waals surface area contributed by atoms with Crippen LogP contribution in [0.2, 0.25) is 0 Å². The predicted molar refractivity (Wildman–Crippen MR) is 78.0 cm³/mol. The number of aliphatic hydroxyl groups is 1. The molecule has 0 aliphatic carbocycles. The van der Waals surface area contributed by atoms with Crippen molar-refractivity contribution in [2.75, 3.05) is 31.7 Å². The van der Waals surface area contributed by atoms with Crippen molar-refractivity contribution in [3.63, 3.8) is 0 Å². The van der Waals surface area contributed by atoms with Crippen molar-refractivity contribution in [1.82, 2.24) is 4.98 Å². The van der Waals surface area contributed by atoms with E-state index >= 15 is 0 Å². The lowest BCUT2D eigenvalue weighted by atomic mass is 10.1. The van der Waals surface area contributed by atoms with E-state index in [-0.39, 0.29) is 6.61 Å². The number of anilines is 1. The van der Waals surface area contributed by atoms with Crippen molar-refractivity contribution in [3.8, 4) is 5.75 Å². The topological polar surface area (TPSA) is 45.6 Å². The van der Waals surface area contributed by atoms with Gasteiger partial charge in [0.15, 0.2) is 0 Å². The van der Waals surface area contributed by atoms with Gasteiger partial charge in [-0.2, -0.15) is 0 Å². The van der Waals surface area contributed by atoms with Crippen LogP contribution in [-0.4, -0.2) is 36.9 Å². The molecule has 102 valence electrons. The maximum Gasteiger partial charge on any atom is 0.145 e. The lowest BCUT2D eigenvalue weighted by molar-refractivity contribution is 0.302. The summed E-state index contributed by atoms with van der Waals surface area (Å²) in [7, 11) is 1.66. The minimum Gasteiger partial charge on any atom is -0.494 e. The zero-order valence-electron chi connectivity index (χ0n) is 11.7. The van der Waals surface area contributed by atoms with Crippen molar-refractivity contribution in [2.24, 2.45) is 0 Å². The Hall–Kier alpha value is -1.81. The average Bonchev–Trinajstić information content (AvgIpc) is 2.43. The van der Waals surface area contributed by atoms with Gasteiger partial charge in [0.25, 0.3) is 0 Å². The van der Waals surface area contributed by atoms with Gasteiger partial charge in [0.1, 0.15) is 11.3 Å². The monoisotopic (exact) mass is 260 g/mol. The van der Waals surface area contributed by atoms with E-state index in [0.29, 0.717) is 6.54 Å². The molecule has 0 aliphatic heterocycles. The number of hydrogen-bond acceptors (Lipinski definition) is 4. The summed E-state index contributed by atoms with van der Waals surface area (Å²) in [4.78, 5) is 6.72. The molecule has 1 N–H and O–H groups in total. The number of aromatic nitrogens is 1. The summed E-state index contributed by atoms with van der Waals surface area (Å²) in [5.74, 6) is 0.780. The third-order valence-electron chi connectivity index (χ3n) is 3.22. The Morgan fingerprint density at radius 3 is 2.79 bits per heavy atom. The van der Waals surface area contributed by atoms with Crippen LogP contribution in [0.3, 0.4) is 0 Å². The van der Waals surface area contributed by atoms with Gasteiger partial charge in [-0.05, 0) is 26.0 Å². The molecule has 4 nitrogen and oxygen atoms in total. The van der Waals surface area contributed by atoms with E-state index in [1.165, 1.54) is 0 Å². The first-order chi connectivity index (χ1) is 9.21.